The van der Waals surface area contributed by atoms with Crippen molar-refractivity contribution in [3.05, 3.63) is 59.3 Å². The van der Waals surface area contributed by atoms with Crippen molar-refractivity contribution in [1.82, 2.24) is 0 Å². The van der Waals surface area contributed by atoms with E-state index in [1.807, 2.05) is 6.08 Å². The summed E-state index contributed by atoms with van der Waals surface area (Å²) in [5, 5.41) is 20.0. The van der Waals surface area contributed by atoms with Crippen LogP contribution in [0.4, 0.5) is 17.6 Å². The second kappa shape index (κ2) is 10.0. The second-order valence-electron chi connectivity index (χ2n) is 11.5. The molecular weight excluding hydrogens is 456 g/mol. The van der Waals surface area contributed by atoms with Crippen LogP contribution in [0.3, 0.4) is 0 Å². The predicted molar refractivity (Wildman–Crippen MR) is 132 cm³/mol. The third kappa shape index (κ3) is 5.53. The summed E-state index contributed by atoms with van der Waals surface area (Å²) in [5.41, 5.74) is 0.510. The molecule has 0 heterocycles. The Morgan fingerprint density at radius 2 is 1.91 bits per heavy atom. The summed E-state index contributed by atoms with van der Waals surface area (Å²) in [6.07, 6.45) is 6.36. The molecular formula is C29H40F4O2. The number of halogens is 4. The van der Waals surface area contributed by atoms with E-state index in [1.165, 1.54) is 24.1 Å². The molecule has 3 aliphatic rings. The summed E-state index contributed by atoms with van der Waals surface area (Å²) in [7, 11) is 0. The average Bonchev–Trinajstić information content (AvgIpc) is 3.12. The SMILES string of the molecule is C=C1/C(=C\C=C2/CCC[C@]3(C)C(C(C)(C)C/C=C\C(O)(CC)C(F)(F)F)=CC[C@@H]23)C[C@@H](O)CC1F. The number of hydrogen-bond donors (Lipinski definition) is 2. The highest BCUT2D eigenvalue weighted by molar-refractivity contribution is 5.41. The van der Waals surface area contributed by atoms with Gasteiger partial charge in [0.25, 0.3) is 0 Å². The van der Waals surface area contributed by atoms with Crippen LogP contribution in [0.2, 0.25) is 0 Å². The van der Waals surface area contributed by atoms with E-state index in [-0.39, 0.29) is 23.2 Å². The van der Waals surface area contributed by atoms with Gasteiger partial charge >= 0.3 is 6.18 Å². The molecule has 35 heavy (non-hydrogen) atoms. The number of rotatable bonds is 6. The number of aliphatic hydroxyl groups excluding tert-OH is 1. The van der Waals surface area contributed by atoms with Crippen LogP contribution in [0.25, 0.3) is 0 Å². The van der Waals surface area contributed by atoms with Gasteiger partial charge in [0.05, 0.1) is 6.10 Å². The topological polar surface area (TPSA) is 40.5 Å². The fraction of sp³-hybridized carbons (Fsp3) is 0.655. The summed E-state index contributed by atoms with van der Waals surface area (Å²) in [6.45, 7) is 11.6. The van der Waals surface area contributed by atoms with Crippen LogP contribution in [0.1, 0.15) is 79.1 Å². The second-order valence-corrected chi connectivity index (χ2v) is 11.5. The van der Waals surface area contributed by atoms with Gasteiger partial charge in [-0.1, -0.05) is 69.7 Å². The largest absolute Gasteiger partial charge is 0.420 e. The van der Waals surface area contributed by atoms with Gasteiger partial charge in [0.15, 0.2) is 5.60 Å². The van der Waals surface area contributed by atoms with Crippen LogP contribution in [0.5, 0.6) is 0 Å². The molecule has 6 heteroatoms. The van der Waals surface area contributed by atoms with Crippen molar-refractivity contribution >= 4 is 0 Å². The number of hydrogen-bond acceptors (Lipinski definition) is 2. The number of alkyl halides is 4. The van der Waals surface area contributed by atoms with Crippen LogP contribution in [0, 0.1) is 16.7 Å². The number of allylic oxidation sites excluding steroid dienone is 7. The van der Waals surface area contributed by atoms with E-state index in [9.17, 15) is 27.8 Å². The van der Waals surface area contributed by atoms with Crippen LogP contribution in [-0.2, 0) is 0 Å². The summed E-state index contributed by atoms with van der Waals surface area (Å²) < 4.78 is 53.9. The van der Waals surface area contributed by atoms with Gasteiger partial charge in [-0.3, -0.25) is 0 Å². The maximum atomic E-state index is 14.2. The van der Waals surface area contributed by atoms with Crippen molar-refractivity contribution in [2.75, 3.05) is 0 Å². The van der Waals surface area contributed by atoms with Gasteiger partial charge < -0.3 is 10.2 Å². The van der Waals surface area contributed by atoms with Crippen LogP contribution in [-0.4, -0.2) is 34.3 Å². The molecule has 2 nitrogen and oxygen atoms in total. The summed E-state index contributed by atoms with van der Waals surface area (Å²) in [6, 6.07) is 0. The molecule has 0 radical (unpaired) electrons. The normalized spacial score (nSPS) is 34.4. The van der Waals surface area contributed by atoms with Gasteiger partial charge in [0.2, 0.25) is 0 Å². The zero-order valence-corrected chi connectivity index (χ0v) is 21.4. The summed E-state index contributed by atoms with van der Waals surface area (Å²) in [4.78, 5) is 0. The van der Waals surface area contributed by atoms with E-state index in [1.54, 1.807) is 0 Å². The van der Waals surface area contributed by atoms with E-state index in [4.69, 9.17) is 0 Å². The monoisotopic (exact) mass is 496 g/mol. The molecule has 0 aromatic carbocycles. The van der Waals surface area contributed by atoms with E-state index in [0.29, 0.717) is 18.4 Å². The molecule has 0 saturated heterocycles. The Balaban J connectivity index is 1.79. The van der Waals surface area contributed by atoms with Gasteiger partial charge in [-0.25, -0.2) is 4.39 Å². The van der Waals surface area contributed by atoms with Gasteiger partial charge in [-0.15, -0.1) is 0 Å². The van der Waals surface area contributed by atoms with Crippen LogP contribution >= 0.6 is 0 Å². The lowest BCUT2D eigenvalue weighted by atomic mass is 9.59. The summed E-state index contributed by atoms with van der Waals surface area (Å²) >= 11 is 0. The maximum Gasteiger partial charge on any atom is 0.420 e. The van der Waals surface area contributed by atoms with E-state index in [2.05, 4.69) is 39.5 Å². The van der Waals surface area contributed by atoms with Crippen molar-refractivity contribution in [2.24, 2.45) is 16.7 Å². The Labute approximate surface area is 207 Å². The van der Waals surface area contributed by atoms with E-state index < -0.39 is 30.5 Å². The first-order chi connectivity index (χ1) is 16.1. The highest BCUT2D eigenvalue weighted by atomic mass is 19.4. The van der Waals surface area contributed by atoms with Gasteiger partial charge in [0.1, 0.15) is 6.17 Å². The van der Waals surface area contributed by atoms with Crippen molar-refractivity contribution in [1.29, 1.82) is 0 Å². The van der Waals surface area contributed by atoms with E-state index >= 15 is 0 Å². The predicted octanol–water partition coefficient (Wildman–Crippen LogP) is 7.70. The molecule has 0 aromatic heterocycles. The highest BCUT2D eigenvalue weighted by Crippen LogP contribution is 2.59. The Morgan fingerprint density at radius 1 is 1.23 bits per heavy atom. The first kappa shape index (κ1) is 27.9. The quantitative estimate of drug-likeness (QED) is 0.292. The van der Waals surface area contributed by atoms with Crippen molar-refractivity contribution in [3.8, 4) is 0 Å². The Kier molecular flexibility index (Phi) is 7.98. The molecule has 5 atom stereocenters. The third-order valence-electron chi connectivity index (χ3n) is 8.56. The van der Waals surface area contributed by atoms with Gasteiger partial charge in [-0.2, -0.15) is 13.2 Å². The van der Waals surface area contributed by atoms with E-state index in [0.717, 1.165) is 37.3 Å². The lowest BCUT2D eigenvalue weighted by molar-refractivity contribution is -0.240. The smallest absolute Gasteiger partial charge is 0.393 e. The molecule has 3 rings (SSSR count). The zero-order valence-electron chi connectivity index (χ0n) is 21.4. The number of aliphatic hydroxyl groups is 2. The molecule has 2 saturated carbocycles. The molecule has 2 fully saturated rings. The molecule has 0 spiro atoms. The van der Waals surface area contributed by atoms with Gasteiger partial charge in [0, 0.05) is 6.42 Å². The highest BCUT2D eigenvalue weighted by Gasteiger charge is 2.51. The fourth-order valence-corrected chi connectivity index (χ4v) is 6.37. The lowest BCUT2D eigenvalue weighted by Crippen LogP contribution is -2.42. The fourth-order valence-electron chi connectivity index (χ4n) is 6.37. The van der Waals surface area contributed by atoms with Gasteiger partial charge in [-0.05, 0) is 78.9 Å². The minimum Gasteiger partial charge on any atom is -0.393 e. The standard InChI is InChI=1S/C29H40F4O2/c1-6-28(35,29(31,32)33)16-8-14-26(3,4)25-13-12-23-20(9-7-15-27(23,25)5)10-11-21-17-22(34)18-24(30)19(21)2/h8,10-11,13,16,22-24,34-35H,2,6-7,9,12,14-15,17-18H2,1,3-5H3/b16-8-,20-10+,21-11-/t22-,23+,24?,27+,28?/m1/s1. The minimum absolute atomic E-state index is 0.100. The van der Waals surface area contributed by atoms with Crippen molar-refractivity contribution in [2.45, 2.75) is 103 Å². The Morgan fingerprint density at radius 3 is 2.54 bits per heavy atom. The Hall–Kier alpha value is -1.66. The first-order valence-electron chi connectivity index (χ1n) is 12.7. The molecule has 2 unspecified atom stereocenters. The third-order valence-corrected chi connectivity index (χ3v) is 8.56. The molecule has 3 aliphatic carbocycles. The van der Waals surface area contributed by atoms with Crippen molar-refractivity contribution < 1.29 is 27.8 Å². The molecule has 196 valence electrons. The average molecular weight is 497 g/mol. The van der Waals surface area contributed by atoms with Crippen LogP contribution < -0.4 is 0 Å². The molecule has 0 aromatic rings. The molecule has 2 N–H and O–H groups in total. The van der Waals surface area contributed by atoms with Crippen molar-refractivity contribution in [3.63, 3.8) is 0 Å². The minimum atomic E-state index is -4.70. The summed E-state index contributed by atoms with van der Waals surface area (Å²) in [5.74, 6) is 0.289. The number of fused-ring (bicyclic) bond motifs is 1. The molecule has 0 bridgehead atoms. The first-order valence-corrected chi connectivity index (χ1v) is 12.7. The molecule has 0 aliphatic heterocycles. The Bertz CT molecular complexity index is 939. The zero-order chi connectivity index (χ0) is 26.2. The lowest BCUT2D eigenvalue weighted by Gasteiger charge is -2.45. The molecule has 0 amide bonds. The maximum absolute atomic E-state index is 14.2. The van der Waals surface area contributed by atoms with Crippen LogP contribution in [0.15, 0.2) is 59.3 Å².